The zero-order valence-electron chi connectivity index (χ0n) is 11.2. The van der Waals surface area contributed by atoms with E-state index < -0.39 is 28.5 Å². The maximum Gasteiger partial charge on any atom is 0.418 e. The lowest BCUT2D eigenvalue weighted by atomic mass is 10.0. The van der Waals surface area contributed by atoms with Crippen LogP contribution in [0.15, 0.2) is 4.42 Å². The Bertz CT molecular complexity index is 658. The van der Waals surface area contributed by atoms with Crippen LogP contribution in [0.25, 0.3) is 0 Å². The molecule has 2 amide bonds. The molecule has 2 unspecified atom stereocenters. The fraction of sp³-hybridized carbons (Fsp3) is 0.700. The van der Waals surface area contributed by atoms with Crippen molar-refractivity contribution in [1.29, 1.82) is 0 Å². The van der Waals surface area contributed by atoms with Gasteiger partial charge in [0.1, 0.15) is 6.04 Å². The number of aromatic nitrogens is 2. The molecular weight excluding hydrogens is 304 g/mol. The summed E-state index contributed by atoms with van der Waals surface area (Å²) >= 11 is 0. The summed E-state index contributed by atoms with van der Waals surface area (Å²) in [6, 6.07) is -1.47. The van der Waals surface area contributed by atoms with E-state index in [4.69, 9.17) is 8.97 Å². The molecule has 3 rings (SSSR count). The Kier molecular flexibility index (Phi) is 3.34. The first-order chi connectivity index (χ1) is 9.89. The van der Waals surface area contributed by atoms with Crippen LogP contribution in [0.4, 0.5) is 4.79 Å². The van der Waals surface area contributed by atoms with Crippen LogP contribution in [-0.2, 0) is 21.1 Å². The van der Waals surface area contributed by atoms with Gasteiger partial charge < -0.3 is 9.32 Å². The molecule has 1 aromatic rings. The average Bonchev–Trinajstić information content (AvgIpc) is 2.98. The first-order valence-electron chi connectivity index (χ1n) is 6.48. The molecule has 0 spiro atoms. The first-order valence-corrected chi connectivity index (χ1v) is 7.84. The van der Waals surface area contributed by atoms with E-state index in [1.807, 2.05) is 6.92 Å². The van der Waals surface area contributed by atoms with Crippen molar-refractivity contribution >= 4 is 16.4 Å². The molecule has 0 aromatic carbocycles. The van der Waals surface area contributed by atoms with Gasteiger partial charge in [-0.3, -0.25) is 4.55 Å². The molecular formula is C10H14N4O6S. The third kappa shape index (κ3) is 2.59. The van der Waals surface area contributed by atoms with E-state index in [0.717, 1.165) is 0 Å². The number of amides is 2. The molecule has 0 aliphatic carbocycles. The largest absolute Gasteiger partial charge is 0.423 e. The minimum atomic E-state index is -4.73. The monoisotopic (exact) mass is 318 g/mol. The molecule has 116 valence electrons. The van der Waals surface area contributed by atoms with Gasteiger partial charge in [0, 0.05) is 13.0 Å². The second-order valence-corrected chi connectivity index (χ2v) is 5.90. The van der Waals surface area contributed by atoms with Gasteiger partial charge in [-0.1, -0.05) is 6.92 Å². The zero-order valence-corrected chi connectivity index (χ0v) is 12.0. The number of carbonyl (C=O) groups is 1. The van der Waals surface area contributed by atoms with Gasteiger partial charge in [0.15, 0.2) is 0 Å². The Morgan fingerprint density at radius 3 is 2.81 bits per heavy atom. The summed E-state index contributed by atoms with van der Waals surface area (Å²) in [6.07, 6.45) is 1.65. The van der Waals surface area contributed by atoms with Gasteiger partial charge in [-0.15, -0.1) is 14.5 Å². The Labute approximate surface area is 120 Å². The second kappa shape index (κ2) is 4.93. The van der Waals surface area contributed by atoms with E-state index >= 15 is 0 Å². The van der Waals surface area contributed by atoms with E-state index in [1.54, 1.807) is 0 Å². The molecule has 21 heavy (non-hydrogen) atoms. The molecule has 2 saturated heterocycles. The van der Waals surface area contributed by atoms with Crippen LogP contribution in [0, 0.1) is 0 Å². The number of hydrogen-bond acceptors (Lipinski definition) is 7. The first kappa shape index (κ1) is 14.2. The smallest absolute Gasteiger partial charge is 0.418 e. The average molecular weight is 318 g/mol. The SMILES string of the molecule is CCc1nnc(C2CCC3CN2C(=O)N3OS(=O)(=O)O)o1. The normalized spacial score (nSPS) is 25.7. The molecule has 2 atom stereocenters. The number of nitrogens with zero attached hydrogens (tertiary/aromatic N) is 4. The number of hydroxylamine groups is 2. The van der Waals surface area contributed by atoms with Crippen LogP contribution >= 0.6 is 0 Å². The summed E-state index contributed by atoms with van der Waals surface area (Å²) in [4.78, 5) is 13.6. The van der Waals surface area contributed by atoms with Crippen LogP contribution in [0.3, 0.4) is 0 Å². The number of carbonyl (C=O) groups excluding carboxylic acids is 1. The molecule has 3 heterocycles. The molecule has 11 heteroatoms. The summed E-state index contributed by atoms with van der Waals surface area (Å²) in [5, 5.41) is 8.47. The van der Waals surface area contributed by atoms with Crippen molar-refractivity contribution < 1.29 is 26.5 Å². The molecule has 1 N–H and O–H groups in total. The molecule has 1 aromatic heterocycles. The molecule has 2 fully saturated rings. The fourth-order valence-electron chi connectivity index (χ4n) is 2.63. The van der Waals surface area contributed by atoms with Crippen molar-refractivity contribution in [3.8, 4) is 0 Å². The van der Waals surface area contributed by atoms with Gasteiger partial charge in [0.2, 0.25) is 11.8 Å². The van der Waals surface area contributed by atoms with Gasteiger partial charge in [-0.05, 0) is 12.8 Å². The summed E-state index contributed by atoms with van der Waals surface area (Å²) in [5.74, 6) is 0.803. The van der Waals surface area contributed by atoms with Crippen LogP contribution in [0.1, 0.15) is 37.6 Å². The summed E-state index contributed by atoms with van der Waals surface area (Å²) in [7, 11) is -4.73. The van der Waals surface area contributed by atoms with Crippen molar-refractivity contribution in [3.05, 3.63) is 11.8 Å². The zero-order chi connectivity index (χ0) is 15.2. The number of rotatable bonds is 4. The number of piperidine rings is 1. The van der Waals surface area contributed by atoms with E-state index in [0.29, 0.717) is 36.1 Å². The van der Waals surface area contributed by atoms with Crippen LogP contribution in [-0.4, -0.2) is 51.7 Å². The van der Waals surface area contributed by atoms with Crippen molar-refractivity contribution in [2.45, 2.75) is 38.3 Å². The van der Waals surface area contributed by atoms with Gasteiger partial charge in [0.25, 0.3) is 0 Å². The Morgan fingerprint density at radius 1 is 1.43 bits per heavy atom. The highest BCUT2D eigenvalue weighted by Crippen LogP contribution is 2.38. The topological polar surface area (TPSA) is 126 Å². The van der Waals surface area contributed by atoms with Gasteiger partial charge in [-0.2, -0.15) is 13.5 Å². The molecule has 2 aliphatic rings. The number of urea groups is 1. The molecule has 10 nitrogen and oxygen atoms in total. The minimum absolute atomic E-state index is 0.281. The second-order valence-electron chi connectivity index (χ2n) is 4.90. The number of hydrogen-bond donors (Lipinski definition) is 1. The highest BCUT2D eigenvalue weighted by molar-refractivity contribution is 7.80. The lowest BCUT2D eigenvalue weighted by Crippen LogP contribution is -2.35. The van der Waals surface area contributed by atoms with E-state index in [9.17, 15) is 13.2 Å². The highest BCUT2D eigenvalue weighted by atomic mass is 32.3. The lowest BCUT2D eigenvalue weighted by molar-refractivity contribution is -0.0317. The third-order valence-electron chi connectivity index (χ3n) is 3.57. The Morgan fingerprint density at radius 2 is 2.19 bits per heavy atom. The summed E-state index contributed by atoms with van der Waals surface area (Å²) < 4.78 is 40.1. The predicted octanol–water partition coefficient (Wildman–Crippen LogP) is 0.308. The van der Waals surface area contributed by atoms with Gasteiger partial charge in [-0.25, -0.2) is 4.79 Å². The lowest BCUT2D eigenvalue weighted by Gasteiger charge is -2.27. The van der Waals surface area contributed by atoms with Gasteiger partial charge in [0.05, 0.1) is 6.04 Å². The standard InChI is InChI=1S/C10H14N4O6S/c1-2-8-11-12-9(19-8)7-4-3-6-5-13(7)10(15)14(6)20-21(16,17)18/h6-7H,2-5H2,1H3,(H,16,17,18). The molecule has 2 aliphatic heterocycles. The highest BCUT2D eigenvalue weighted by Gasteiger charge is 2.49. The van der Waals surface area contributed by atoms with Crippen LogP contribution < -0.4 is 0 Å². The summed E-state index contributed by atoms with van der Waals surface area (Å²) in [6.45, 7) is 2.15. The molecule has 0 radical (unpaired) electrons. The van der Waals surface area contributed by atoms with Crippen molar-refractivity contribution in [3.63, 3.8) is 0 Å². The van der Waals surface area contributed by atoms with E-state index in [-0.39, 0.29) is 6.54 Å². The maximum absolute atomic E-state index is 12.2. The number of aryl methyl sites for hydroxylation is 1. The quantitative estimate of drug-likeness (QED) is 0.786. The summed E-state index contributed by atoms with van der Waals surface area (Å²) in [5.41, 5.74) is 0. The van der Waals surface area contributed by atoms with Crippen molar-refractivity contribution in [2.24, 2.45) is 0 Å². The molecule has 0 saturated carbocycles. The fourth-order valence-corrected chi connectivity index (χ4v) is 3.02. The van der Waals surface area contributed by atoms with E-state index in [2.05, 4.69) is 14.5 Å². The molecule has 2 bridgehead atoms. The van der Waals surface area contributed by atoms with Crippen molar-refractivity contribution in [1.82, 2.24) is 20.2 Å². The minimum Gasteiger partial charge on any atom is -0.423 e. The number of fused-ring (bicyclic) bond motifs is 2. The Balaban J connectivity index is 1.82. The van der Waals surface area contributed by atoms with Crippen LogP contribution in [0.5, 0.6) is 0 Å². The van der Waals surface area contributed by atoms with Crippen molar-refractivity contribution in [2.75, 3.05) is 6.54 Å². The third-order valence-corrected chi connectivity index (χ3v) is 3.92. The van der Waals surface area contributed by atoms with E-state index in [1.165, 1.54) is 4.90 Å². The predicted molar refractivity (Wildman–Crippen MR) is 66.0 cm³/mol. The maximum atomic E-state index is 12.2. The van der Waals surface area contributed by atoms with Gasteiger partial charge >= 0.3 is 16.4 Å². The van der Waals surface area contributed by atoms with Crippen LogP contribution in [0.2, 0.25) is 0 Å². The Hall–Kier alpha value is -1.72.